The van der Waals surface area contributed by atoms with Gasteiger partial charge in [0.05, 0.1) is 0 Å². The van der Waals surface area contributed by atoms with Crippen LogP contribution in [0.4, 0.5) is 0 Å². The molecule has 0 bridgehead atoms. The summed E-state index contributed by atoms with van der Waals surface area (Å²) >= 11 is 0. The molecule has 0 saturated heterocycles. The van der Waals surface area contributed by atoms with Crippen LogP contribution in [-0.2, 0) is 0 Å². The van der Waals surface area contributed by atoms with E-state index < -0.39 is 0 Å². The van der Waals surface area contributed by atoms with E-state index >= 15 is 0 Å². The van der Waals surface area contributed by atoms with E-state index in [9.17, 15) is 0 Å². The minimum atomic E-state index is 0.950. The van der Waals surface area contributed by atoms with Gasteiger partial charge in [-0.2, -0.15) is 0 Å². The number of hydrogen-bond acceptors (Lipinski definition) is 1. The Bertz CT molecular complexity index is 377. The van der Waals surface area contributed by atoms with Gasteiger partial charge in [0.15, 0.2) is 0 Å². The fraction of sp³-hybridized carbons (Fsp3) is 0.0769. The summed E-state index contributed by atoms with van der Waals surface area (Å²) in [5.41, 5.74) is 3.19. The minimum absolute atomic E-state index is 0.950. The number of likely N-dealkylation sites (N-methyl/N-ethyl adjacent to an activating group) is 1. The Labute approximate surface area is 94.1 Å². The molecule has 0 amide bonds. The van der Waals surface area contributed by atoms with Crippen LogP contribution in [0.1, 0.15) is 5.56 Å². The highest BCUT2D eigenvalue weighted by Crippen LogP contribution is 2.25. The summed E-state index contributed by atoms with van der Waals surface area (Å²) in [6, 6.07) is 10.2. The number of allylic oxidation sites excluding steroid dienone is 3. The van der Waals surface area contributed by atoms with Crippen molar-refractivity contribution in [3.8, 4) is 0 Å². The zero-order chi connectivity index (χ0) is 11.3. The van der Waals surface area contributed by atoms with Crippen LogP contribution >= 0.6 is 9.39 Å². The third kappa shape index (κ3) is 3.07. The van der Waals surface area contributed by atoms with Crippen molar-refractivity contribution >= 4 is 15.0 Å². The van der Waals surface area contributed by atoms with Crippen molar-refractivity contribution in [2.24, 2.45) is 0 Å². The van der Waals surface area contributed by atoms with Gasteiger partial charge in [-0.3, -0.25) is 0 Å². The molecular formula is C13H16NP. The standard InChI is InChI=1S/C13H16NP/c1-4-8-13(11(2)14(3)15)12-9-6-5-7-10-12/h4-10H,1-2,15H2,3H3/b13-8+. The number of hydrogen-bond donors (Lipinski definition) is 0. The Hall–Kier alpha value is -1.33. The maximum absolute atomic E-state index is 4.04. The summed E-state index contributed by atoms with van der Waals surface area (Å²) < 4.78 is 1.92. The average molecular weight is 217 g/mol. The molecule has 78 valence electrons. The molecule has 1 atom stereocenters. The lowest BCUT2D eigenvalue weighted by molar-refractivity contribution is 0.738. The number of benzene rings is 1. The summed E-state index contributed by atoms with van der Waals surface area (Å²) in [7, 11) is 4.55. The highest BCUT2D eigenvalue weighted by Gasteiger charge is 2.06. The molecule has 1 unspecified atom stereocenters. The zero-order valence-electron chi connectivity index (χ0n) is 8.98. The molecule has 0 radical (unpaired) electrons. The lowest BCUT2D eigenvalue weighted by Gasteiger charge is -2.18. The van der Waals surface area contributed by atoms with Crippen molar-refractivity contribution in [1.82, 2.24) is 4.67 Å². The molecule has 0 heterocycles. The van der Waals surface area contributed by atoms with Gasteiger partial charge >= 0.3 is 0 Å². The third-order valence-electron chi connectivity index (χ3n) is 2.11. The molecule has 0 aliphatic rings. The maximum Gasteiger partial charge on any atom is 0.0398 e. The molecule has 2 heteroatoms. The molecule has 1 aromatic rings. The van der Waals surface area contributed by atoms with Crippen molar-refractivity contribution in [3.05, 3.63) is 66.9 Å². The summed E-state index contributed by atoms with van der Waals surface area (Å²) in [6.45, 7) is 7.76. The Morgan fingerprint density at radius 2 is 1.93 bits per heavy atom. The number of nitrogens with zero attached hydrogens (tertiary/aromatic N) is 1. The molecule has 0 saturated carbocycles. The van der Waals surface area contributed by atoms with Crippen LogP contribution in [0.5, 0.6) is 0 Å². The van der Waals surface area contributed by atoms with Crippen LogP contribution in [0.15, 0.2) is 61.3 Å². The smallest absolute Gasteiger partial charge is 0.0398 e. The first-order valence-electron chi connectivity index (χ1n) is 4.72. The quantitative estimate of drug-likeness (QED) is 0.551. The molecule has 0 aliphatic carbocycles. The highest BCUT2D eigenvalue weighted by atomic mass is 31.0. The van der Waals surface area contributed by atoms with Gasteiger partial charge < -0.3 is 4.67 Å². The molecule has 0 aliphatic heterocycles. The van der Waals surface area contributed by atoms with Crippen molar-refractivity contribution in [1.29, 1.82) is 0 Å². The molecule has 1 rings (SSSR count). The van der Waals surface area contributed by atoms with Gasteiger partial charge in [0.1, 0.15) is 0 Å². The van der Waals surface area contributed by atoms with Gasteiger partial charge in [0, 0.05) is 18.3 Å². The predicted molar refractivity (Wildman–Crippen MR) is 71.2 cm³/mol. The van der Waals surface area contributed by atoms with E-state index in [1.807, 2.05) is 36.0 Å². The van der Waals surface area contributed by atoms with E-state index in [2.05, 4.69) is 34.7 Å². The van der Waals surface area contributed by atoms with Crippen LogP contribution in [0.2, 0.25) is 0 Å². The zero-order valence-corrected chi connectivity index (χ0v) is 10.1. The van der Waals surface area contributed by atoms with Gasteiger partial charge in [-0.25, -0.2) is 0 Å². The Balaban J connectivity index is 3.10. The normalized spacial score (nSPS) is 10.9. The van der Waals surface area contributed by atoms with Gasteiger partial charge in [-0.15, -0.1) is 0 Å². The molecule has 0 spiro atoms. The summed E-state index contributed by atoms with van der Waals surface area (Å²) in [5.74, 6) is 0. The Morgan fingerprint density at radius 3 is 2.40 bits per heavy atom. The van der Waals surface area contributed by atoms with Gasteiger partial charge in [-0.1, -0.05) is 55.6 Å². The van der Waals surface area contributed by atoms with Gasteiger partial charge in [-0.05, 0) is 15.0 Å². The summed E-state index contributed by atoms with van der Waals surface area (Å²) in [6.07, 6.45) is 3.75. The van der Waals surface area contributed by atoms with Gasteiger partial charge in [0.25, 0.3) is 0 Å². The van der Waals surface area contributed by atoms with Crippen LogP contribution in [0.3, 0.4) is 0 Å². The molecule has 0 N–H and O–H groups in total. The summed E-state index contributed by atoms with van der Waals surface area (Å²) in [4.78, 5) is 0. The maximum atomic E-state index is 4.04. The van der Waals surface area contributed by atoms with Crippen LogP contribution in [0, 0.1) is 0 Å². The molecule has 15 heavy (non-hydrogen) atoms. The van der Waals surface area contributed by atoms with E-state index in [1.165, 1.54) is 0 Å². The third-order valence-corrected chi connectivity index (χ3v) is 2.42. The monoisotopic (exact) mass is 217 g/mol. The Kier molecular flexibility index (Phi) is 4.33. The highest BCUT2D eigenvalue weighted by molar-refractivity contribution is 7.13. The first-order valence-corrected chi connectivity index (χ1v) is 5.24. The second-order valence-corrected chi connectivity index (χ2v) is 4.01. The van der Waals surface area contributed by atoms with E-state index in [1.54, 1.807) is 6.08 Å². The van der Waals surface area contributed by atoms with Crippen molar-refractivity contribution in [2.45, 2.75) is 0 Å². The second kappa shape index (κ2) is 5.53. The molecule has 1 nitrogen and oxygen atoms in total. The average Bonchev–Trinajstić information content (AvgIpc) is 2.26. The lowest BCUT2D eigenvalue weighted by atomic mass is 10.0. The lowest BCUT2D eigenvalue weighted by Crippen LogP contribution is -2.04. The van der Waals surface area contributed by atoms with Crippen LogP contribution in [-0.4, -0.2) is 11.7 Å². The second-order valence-electron chi connectivity index (χ2n) is 3.24. The van der Waals surface area contributed by atoms with E-state index in [0.29, 0.717) is 0 Å². The fourth-order valence-corrected chi connectivity index (χ4v) is 1.42. The largest absolute Gasteiger partial charge is 0.359 e. The van der Waals surface area contributed by atoms with E-state index in [-0.39, 0.29) is 0 Å². The fourth-order valence-electron chi connectivity index (χ4n) is 1.28. The van der Waals surface area contributed by atoms with E-state index in [4.69, 9.17) is 0 Å². The van der Waals surface area contributed by atoms with Crippen molar-refractivity contribution in [3.63, 3.8) is 0 Å². The molecule has 0 aromatic heterocycles. The molecule has 0 fully saturated rings. The van der Waals surface area contributed by atoms with Crippen LogP contribution < -0.4 is 0 Å². The Morgan fingerprint density at radius 1 is 1.33 bits per heavy atom. The van der Waals surface area contributed by atoms with E-state index in [0.717, 1.165) is 16.8 Å². The van der Waals surface area contributed by atoms with Crippen molar-refractivity contribution in [2.75, 3.05) is 7.05 Å². The molecule has 1 aromatic carbocycles. The number of rotatable bonds is 4. The summed E-state index contributed by atoms with van der Waals surface area (Å²) in [5, 5.41) is 0. The van der Waals surface area contributed by atoms with Crippen LogP contribution in [0.25, 0.3) is 5.57 Å². The topological polar surface area (TPSA) is 3.24 Å². The predicted octanol–water partition coefficient (Wildman–Crippen LogP) is 3.49. The SMILES string of the molecule is C=C/C=C(\C(=C)N(C)P)c1ccccc1. The minimum Gasteiger partial charge on any atom is -0.359 e. The molecular weight excluding hydrogens is 201 g/mol. The first kappa shape index (κ1) is 11.7. The van der Waals surface area contributed by atoms with Gasteiger partial charge in [0.2, 0.25) is 0 Å². The van der Waals surface area contributed by atoms with Crippen molar-refractivity contribution < 1.29 is 0 Å². The first-order chi connectivity index (χ1) is 7.16.